The van der Waals surface area contributed by atoms with Crippen LogP contribution in [0.1, 0.15) is 25.7 Å². The molecule has 2 bridgehead atoms. The van der Waals surface area contributed by atoms with Crippen molar-refractivity contribution in [3.05, 3.63) is 24.3 Å². The third kappa shape index (κ3) is 1.19. The summed E-state index contributed by atoms with van der Waals surface area (Å²) in [7, 11) is 0. The van der Waals surface area contributed by atoms with E-state index in [1.165, 1.54) is 0 Å². The van der Waals surface area contributed by atoms with Crippen LogP contribution >= 0.6 is 0 Å². The molecule has 4 aliphatic carbocycles. The van der Waals surface area contributed by atoms with Gasteiger partial charge in [0, 0.05) is 18.8 Å². The molecule has 0 amide bonds. The highest BCUT2D eigenvalue weighted by atomic mass is 16.7. The van der Waals surface area contributed by atoms with E-state index >= 15 is 0 Å². The second-order valence-corrected chi connectivity index (χ2v) is 5.95. The van der Waals surface area contributed by atoms with Crippen molar-refractivity contribution in [3.63, 3.8) is 0 Å². The lowest BCUT2D eigenvalue weighted by molar-refractivity contribution is -0.264. The molecule has 2 spiro atoms. The summed E-state index contributed by atoms with van der Waals surface area (Å²) in [4.78, 5) is 12.4. The number of carbonyl (C=O) groups is 1. The van der Waals surface area contributed by atoms with E-state index in [9.17, 15) is 4.79 Å². The highest BCUT2D eigenvalue weighted by Crippen LogP contribution is 2.61. The lowest BCUT2D eigenvalue weighted by atomic mass is 9.53. The van der Waals surface area contributed by atoms with E-state index in [0.29, 0.717) is 31.3 Å². The summed E-state index contributed by atoms with van der Waals surface area (Å²) >= 11 is 0. The van der Waals surface area contributed by atoms with Crippen molar-refractivity contribution >= 4 is 5.78 Å². The first-order valence-corrected chi connectivity index (χ1v) is 6.91. The molecule has 0 radical (unpaired) electrons. The fourth-order valence-corrected chi connectivity index (χ4v) is 4.34. The molecule has 1 saturated heterocycles. The molecule has 1 aliphatic heterocycles. The molecule has 0 aromatic rings. The Balaban J connectivity index is 1.87. The smallest absolute Gasteiger partial charge is 0.179 e. The Labute approximate surface area is 107 Å². The van der Waals surface area contributed by atoms with Crippen LogP contribution in [0.2, 0.25) is 0 Å². The van der Waals surface area contributed by atoms with E-state index in [-0.39, 0.29) is 11.3 Å². The summed E-state index contributed by atoms with van der Waals surface area (Å²) in [6.45, 7) is 1.32. The van der Waals surface area contributed by atoms with Gasteiger partial charge in [0.1, 0.15) is 5.78 Å². The Hall–Kier alpha value is -0.930. The molecule has 1 heterocycles. The SMILES string of the molecule is O=C1CC=CC[C@]23C=C[C@H](C[C@H]12)CC31OCCO1. The monoisotopic (exact) mass is 246 g/mol. The van der Waals surface area contributed by atoms with E-state index in [1.807, 2.05) is 6.08 Å². The van der Waals surface area contributed by atoms with Crippen LogP contribution in [0.5, 0.6) is 0 Å². The van der Waals surface area contributed by atoms with Gasteiger partial charge in [-0.15, -0.1) is 0 Å². The van der Waals surface area contributed by atoms with Crippen molar-refractivity contribution in [2.75, 3.05) is 13.2 Å². The fourth-order valence-electron chi connectivity index (χ4n) is 4.34. The first-order valence-electron chi connectivity index (χ1n) is 6.91. The molecular formula is C15H18O3. The zero-order valence-corrected chi connectivity index (χ0v) is 10.4. The average molecular weight is 246 g/mol. The van der Waals surface area contributed by atoms with Gasteiger partial charge >= 0.3 is 0 Å². The molecule has 3 atom stereocenters. The Kier molecular flexibility index (Phi) is 2.16. The van der Waals surface area contributed by atoms with Crippen molar-refractivity contribution in [2.24, 2.45) is 17.3 Å². The van der Waals surface area contributed by atoms with Gasteiger partial charge in [-0.3, -0.25) is 4.79 Å². The third-order valence-electron chi connectivity index (χ3n) is 5.15. The molecule has 1 saturated carbocycles. The minimum Gasteiger partial charge on any atom is -0.347 e. The minimum atomic E-state index is -0.528. The van der Waals surface area contributed by atoms with Crippen molar-refractivity contribution < 1.29 is 14.3 Å². The maximum atomic E-state index is 12.4. The molecule has 3 nitrogen and oxygen atoms in total. The summed E-state index contributed by atoms with van der Waals surface area (Å²) in [5.41, 5.74) is -0.248. The largest absolute Gasteiger partial charge is 0.347 e. The van der Waals surface area contributed by atoms with E-state index in [4.69, 9.17) is 9.47 Å². The summed E-state index contributed by atoms with van der Waals surface area (Å²) < 4.78 is 12.0. The normalized spacial score (nSPS) is 44.3. The zero-order chi connectivity index (χ0) is 12.2. The average Bonchev–Trinajstić information content (AvgIpc) is 2.77. The van der Waals surface area contributed by atoms with Gasteiger partial charge in [0.15, 0.2) is 5.79 Å². The van der Waals surface area contributed by atoms with Crippen LogP contribution in [0.4, 0.5) is 0 Å². The summed E-state index contributed by atoms with van der Waals surface area (Å²) in [6, 6.07) is 0. The van der Waals surface area contributed by atoms with Gasteiger partial charge in [-0.05, 0) is 18.8 Å². The van der Waals surface area contributed by atoms with Crippen molar-refractivity contribution in [1.82, 2.24) is 0 Å². The number of Topliss-reactive ketones (excluding diaryl/α,β-unsaturated/α-hetero) is 1. The molecular weight excluding hydrogens is 228 g/mol. The van der Waals surface area contributed by atoms with E-state index in [0.717, 1.165) is 19.3 Å². The zero-order valence-electron chi connectivity index (χ0n) is 10.4. The Morgan fingerprint density at radius 1 is 1.22 bits per heavy atom. The first-order chi connectivity index (χ1) is 8.76. The van der Waals surface area contributed by atoms with E-state index < -0.39 is 5.79 Å². The number of allylic oxidation sites excluding steroid dienone is 3. The number of hydrogen-bond donors (Lipinski definition) is 0. The number of carbonyl (C=O) groups excluding carboxylic acids is 1. The summed E-state index contributed by atoms with van der Waals surface area (Å²) in [6.07, 6.45) is 12.0. The molecule has 0 unspecified atom stereocenters. The second-order valence-electron chi connectivity index (χ2n) is 5.95. The maximum Gasteiger partial charge on any atom is 0.179 e. The Morgan fingerprint density at radius 2 is 2.06 bits per heavy atom. The van der Waals surface area contributed by atoms with Crippen molar-refractivity contribution in [3.8, 4) is 0 Å². The van der Waals surface area contributed by atoms with Crippen LogP contribution in [0, 0.1) is 17.3 Å². The highest BCUT2D eigenvalue weighted by Gasteiger charge is 2.64. The van der Waals surface area contributed by atoms with E-state index in [1.54, 1.807) is 0 Å². The topological polar surface area (TPSA) is 35.5 Å². The van der Waals surface area contributed by atoms with Gasteiger partial charge in [-0.25, -0.2) is 0 Å². The van der Waals surface area contributed by atoms with Gasteiger partial charge in [0.25, 0.3) is 0 Å². The standard InChI is InChI=1S/C15H18O3/c16-13-3-1-2-5-14-6-4-11(9-12(13)14)10-15(14)17-7-8-18-15/h1-2,4,6,11-12H,3,5,7-10H2/t11-,12-,14+/m1/s1. The van der Waals surface area contributed by atoms with Crippen LogP contribution in [-0.4, -0.2) is 24.8 Å². The van der Waals surface area contributed by atoms with Crippen LogP contribution in [0.3, 0.4) is 0 Å². The predicted octanol–water partition coefficient (Wildman–Crippen LogP) is 2.23. The molecule has 3 heteroatoms. The molecule has 5 rings (SSSR count). The lowest BCUT2D eigenvalue weighted by Crippen LogP contribution is -2.60. The summed E-state index contributed by atoms with van der Waals surface area (Å²) in [5, 5.41) is 0. The van der Waals surface area contributed by atoms with Crippen LogP contribution in [0.25, 0.3) is 0 Å². The van der Waals surface area contributed by atoms with Crippen molar-refractivity contribution in [1.29, 1.82) is 0 Å². The third-order valence-corrected chi connectivity index (χ3v) is 5.15. The van der Waals surface area contributed by atoms with Gasteiger partial charge in [-0.2, -0.15) is 0 Å². The first kappa shape index (κ1) is 10.9. The Morgan fingerprint density at radius 3 is 2.89 bits per heavy atom. The number of ether oxygens (including phenoxy) is 2. The van der Waals surface area contributed by atoms with E-state index in [2.05, 4.69) is 18.2 Å². The second kappa shape index (κ2) is 3.55. The van der Waals surface area contributed by atoms with Crippen LogP contribution in [-0.2, 0) is 14.3 Å². The van der Waals surface area contributed by atoms with Gasteiger partial charge < -0.3 is 9.47 Å². The van der Waals surface area contributed by atoms with Crippen LogP contribution < -0.4 is 0 Å². The molecule has 2 fully saturated rings. The molecule has 5 aliphatic rings. The predicted molar refractivity (Wildman–Crippen MR) is 65.8 cm³/mol. The van der Waals surface area contributed by atoms with Gasteiger partial charge in [0.2, 0.25) is 0 Å². The molecule has 0 aromatic heterocycles. The number of hydrogen-bond acceptors (Lipinski definition) is 3. The van der Waals surface area contributed by atoms with Gasteiger partial charge in [-0.1, -0.05) is 24.3 Å². The minimum absolute atomic E-state index is 0.0781. The lowest BCUT2D eigenvalue weighted by Gasteiger charge is -2.56. The quantitative estimate of drug-likeness (QED) is 0.615. The summed E-state index contributed by atoms with van der Waals surface area (Å²) in [5.74, 6) is 0.349. The fraction of sp³-hybridized carbons (Fsp3) is 0.667. The van der Waals surface area contributed by atoms with Gasteiger partial charge in [0.05, 0.1) is 18.6 Å². The van der Waals surface area contributed by atoms with Crippen LogP contribution in [0.15, 0.2) is 24.3 Å². The Bertz CT molecular complexity index is 445. The molecule has 18 heavy (non-hydrogen) atoms. The molecule has 0 N–H and O–H groups in total. The van der Waals surface area contributed by atoms with Crippen molar-refractivity contribution in [2.45, 2.75) is 31.5 Å². The molecule has 0 aromatic carbocycles. The highest BCUT2D eigenvalue weighted by molar-refractivity contribution is 5.84. The number of rotatable bonds is 0. The maximum absolute atomic E-state index is 12.4. The molecule has 96 valence electrons. The number of ketones is 1.